The lowest BCUT2D eigenvalue weighted by atomic mass is 10.0. The fourth-order valence-corrected chi connectivity index (χ4v) is 4.07. The van der Waals surface area contributed by atoms with E-state index in [1.807, 2.05) is 35.2 Å². The zero-order valence-corrected chi connectivity index (χ0v) is 12.9. The minimum Gasteiger partial charge on any atom is -0.320 e. The number of benzene rings is 2. The van der Waals surface area contributed by atoms with Crippen LogP contribution in [-0.2, 0) is 6.18 Å². The highest BCUT2D eigenvalue weighted by Crippen LogP contribution is 2.46. The first-order valence-electron chi connectivity index (χ1n) is 7.32. The van der Waals surface area contributed by atoms with E-state index in [0.717, 1.165) is 35.5 Å². The maximum Gasteiger partial charge on any atom is 0.416 e. The van der Waals surface area contributed by atoms with E-state index in [1.165, 1.54) is 17.8 Å². The minimum atomic E-state index is -4.31. The largest absolute Gasteiger partial charge is 0.416 e. The summed E-state index contributed by atoms with van der Waals surface area (Å²) in [6.07, 6.45) is -3.46. The van der Waals surface area contributed by atoms with Crippen molar-refractivity contribution in [2.24, 2.45) is 4.99 Å². The lowest BCUT2D eigenvalue weighted by Gasteiger charge is -2.27. The highest BCUT2D eigenvalue weighted by molar-refractivity contribution is 8.14. The first kappa shape index (κ1) is 14.6. The molecule has 0 spiro atoms. The highest BCUT2D eigenvalue weighted by Gasteiger charge is 2.36. The summed E-state index contributed by atoms with van der Waals surface area (Å²) < 4.78 is 38.6. The van der Waals surface area contributed by atoms with Gasteiger partial charge in [-0.25, -0.2) is 0 Å². The Morgan fingerprint density at radius 1 is 1.09 bits per heavy atom. The van der Waals surface area contributed by atoms with Crippen LogP contribution in [0.4, 0.5) is 18.9 Å². The number of hydrogen-bond donors (Lipinski definition) is 0. The molecule has 23 heavy (non-hydrogen) atoms. The maximum atomic E-state index is 12.9. The van der Waals surface area contributed by atoms with Gasteiger partial charge in [0.05, 0.1) is 17.3 Å². The summed E-state index contributed by atoms with van der Waals surface area (Å²) in [5.74, 6) is 0. The molecule has 2 aromatic carbocycles. The zero-order valence-electron chi connectivity index (χ0n) is 12.0. The van der Waals surface area contributed by atoms with Gasteiger partial charge in [-0.15, -0.1) is 0 Å². The number of anilines is 1. The topological polar surface area (TPSA) is 15.6 Å². The van der Waals surface area contributed by atoms with Crippen molar-refractivity contribution in [2.45, 2.75) is 23.5 Å². The van der Waals surface area contributed by atoms with Crippen molar-refractivity contribution < 1.29 is 13.2 Å². The van der Waals surface area contributed by atoms with Crippen molar-refractivity contribution in [1.29, 1.82) is 0 Å². The number of halogens is 3. The molecule has 2 aliphatic rings. The number of thioether (sulfide) groups is 1. The monoisotopic (exact) mass is 334 g/mol. The van der Waals surface area contributed by atoms with Crippen LogP contribution >= 0.6 is 11.8 Å². The number of nitrogens with zero attached hydrogens (tertiary/aromatic N) is 2. The van der Waals surface area contributed by atoms with Crippen LogP contribution < -0.4 is 4.90 Å². The molecule has 4 rings (SSSR count). The molecule has 1 atom stereocenters. The van der Waals surface area contributed by atoms with E-state index in [9.17, 15) is 13.2 Å². The molecule has 0 aliphatic carbocycles. The molecule has 2 aliphatic heterocycles. The smallest absolute Gasteiger partial charge is 0.320 e. The predicted octanol–water partition coefficient (Wildman–Crippen LogP) is 5.12. The SMILES string of the molecule is FC(F)(F)c1ccc2c(c1)SC1=N[C@H](c3ccccc3)CCN12. The van der Waals surface area contributed by atoms with E-state index >= 15 is 0 Å². The van der Waals surface area contributed by atoms with Crippen molar-refractivity contribution in [3.63, 3.8) is 0 Å². The lowest BCUT2D eigenvalue weighted by Crippen LogP contribution is -2.31. The van der Waals surface area contributed by atoms with Crippen LogP contribution in [0.3, 0.4) is 0 Å². The first-order chi connectivity index (χ1) is 11.0. The predicted molar refractivity (Wildman–Crippen MR) is 85.9 cm³/mol. The van der Waals surface area contributed by atoms with Crippen molar-refractivity contribution in [1.82, 2.24) is 0 Å². The second-order valence-corrected chi connectivity index (χ2v) is 6.57. The Balaban J connectivity index is 1.66. The summed E-state index contributed by atoms with van der Waals surface area (Å²) in [7, 11) is 0. The van der Waals surface area contributed by atoms with E-state index < -0.39 is 11.7 Å². The van der Waals surface area contributed by atoms with Gasteiger partial charge < -0.3 is 4.90 Å². The summed E-state index contributed by atoms with van der Waals surface area (Å²) in [6.45, 7) is 0.768. The molecular weight excluding hydrogens is 321 g/mol. The molecule has 6 heteroatoms. The second-order valence-electron chi connectivity index (χ2n) is 5.56. The zero-order chi connectivity index (χ0) is 16.0. The summed E-state index contributed by atoms with van der Waals surface area (Å²) in [5, 5.41) is 0.791. The number of alkyl halides is 3. The maximum absolute atomic E-state index is 12.9. The molecule has 2 nitrogen and oxygen atoms in total. The number of amidine groups is 1. The third-order valence-corrected chi connectivity index (χ3v) is 5.14. The van der Waals surface area contributed by atoms with Gasteiger partial charge in [0, 0.05) is 11.4 Å². The fraction of sp³-hybridized carbons (Fsp3) is 0.235. The van der Waals surface area contributed by atoms with Crippen LogP contribution in [0.2, 0.25) is 0 Å². The third kappa shape index (κ3) is 2.61. The number of fused-ring (bicyclic) bond motifs is 3. The van der Waals surface area contributed by atoms with Gasteiger partial charge in [0.15, 0.2) is 5.17 Å². The Morgan fingerprint density at radius 3 is 2.61 bits per heavy atom. The highest BCUT2D eigenvalue weighted by atomic mass is 32.2. The van der Waals surface area contributed by atoms with Gasteiger partial charge in [0.1, 0.15) is 0 Å². The standard InChI is InChI=1S/C17H13F3N2S/c18-17(19,20)12-6-7-14-15(10-12)23-16-21-13(8-9-22(14)16)11-4-2-1-3-5-11/h1-7,10,13H,8-9H2/t13-/m0/s1. The number of rotatable bonds is 1. The van der Waals surface area contributed by atoms with Crippen molar-refractivity contribution >= 4 is 22.6 Å². The summed E-state index contributed by atoms with van der Waals surface area (Å²) in [4.78, 5) is 7.39. The molecule has 0 saturated heterocycles. The molecule has 0 radical (unpaired) electrons. The van der Waals surface area contributed by atoms with E-state index in [4.69, 9.17) is 4.99 Å². The number of aliphatic imine (C=N–C) groups is 1. The van der Waals surface area contributed by atoms with Gasteiger partial charge in [-0.1, -0.05) is 30.3 Å². The molecule has 0 N–H and O–H groups in total. The Bertz CT molecular complexity index is 771. The van der Waals surface area contributed by atoms with Crippen LogP contribution in [0.1, 0.15) is 23.6 Å². The van der Waals surface area contributed by atoms with Gasteiger partial charge in [0.25, 0.3) is 0 Å². The summed E-state index contributed by atoms with van der Waals surface area (Å²) in [6, 6.07) is 14.0. The third-order valence-electron chi connectivity index (χ3n) is 4.09. The number of hydrogen-bond acceptors (Lipinski definition) is 3. The van der Waals surface area contributed by atoms with Gasteiger partial charge in [-0.05, 0) is 41.9 Å². The fourth-order valence-electron chi connectivity index (χ4n) is 2.93. The molecule has 2 heterocycles. The lowest BCUT2D eigenvalue weighted by molar-refractivity contribution is -0.137. The normalized spacial score (nSPS) is 20.0. The molecule has 2 aromatic rings. The van der Waals surface area contributed by atoms with E-state index in [2.05, 4.69) is 0 Å². The second kappa shape index (κ2) is 5.30. The van der Waals surface area contributed by atoms with E-state index in [0.29, 0.717) is 4.90 Å². The van der Waals surface area contributed by atoms with Gasteiger partial charge >= 0.3 is 6.18 Å². The van der Waals surface area contributed by atoms with Gasteiger partial charge in [-0.3, -0.25) is 4.99 Å². The molecule has 0 unspecified atom stereocenters. The van der Waals surface area contributed by atoms with Crippen LogP contribution in [0.25, 0.3) is 0 Å². The molecule has 0 bridgehead atoms. The molecule has 0 amide bonds. The molecule has 0 aromatic heterocycles. The molecular formula is C17H13F3N2S. The van der Waals surface area contributed by atoms with Crippen LogP contribution in [-0.4, -0.2) is 11.7 Å². The van der Waals surface area contributed by atoms with Crippen molar-refractivity contribution in [3.8, 4) is 0 Å². The average molecular weight is 334 g/mol. The van der Waals surface area contributed by atoms with Crippen LogP contribution in [0.5, 0.6) is 0 Å². The first-order valence-corrected chi connectivity index (χ1v) is 8.13. The Kier molecular flexibility index (Phi) is 3.37. The Hall–Kier alpha value is -1.95. The Morgan fingerprint density at radius 2 is 1.87 bits per heavy atom. The van der Waals surface area contributed by atoms with E-state index in [1.54, 1.807) is 6.07 Å². The molecule has 118 valence electrons. The Labute approximate surface area is 136 Å². The van der Waals surface area contributed by atoms with Crippen molar-refractivity contribution in [3.05, 3.63) is 59.7 Å². The van der Waals surface area contributed by atoms with Crippen LogP contribution in [0.15, 0.2) is 58.4 Å². The van der Waals surface area contributed by atoms with Crippen molar-refractivity contribution in [2.75, 3.05) is 11.4 Å². The molecule has 0 fully saturated rings. The van der Waals surface area contributed by atoms with E-state index in [-0.39, 0.29) is 6.04 Å². The summed E-state index contributed by atoms with van der Waals surface area (Å²) >= 11 is 1.32. The van der Waals surface area contributed by atoms with Crippen LogP contribution in [0, 0.1) is 0 Å². The molecule has 0 saturated carbocycles. The van der Waals surface area contributed by atoms with Gasteiger partial charge in [0.2, 0.25) is 0 Å². The van der Waals surface area contributed by atoms with Gasteiger partial charge in [-0.2, -0.15) is 13.2 Å². The average Bonchev–Trinajstić information content (AvgIpc) is 2.91. The quantitative estimate of drug-likeness (QED) is 0.719. The summed E-state index contributed by atoms with van der Waals surface area (Å²) in [5.41, 5.74) is 1.37. The minimum absolute atomic E-state index is 0.0753.